The summed E-state index contributed by atoms with van der Waals surface area (Å²) in [5.74, 6) is -1.57. The Kier molecular flexibility index (Phi) is 9.88. The van der Waals surface area contributed by atoms with Crippen LogP contribution in [0.15, 0.2) is 66.7 Å². The highest BCUT2D eigenvalue weighted by Crippen LogP contribution is 2.30. The number of benzene rings is 3. The molecule has 1 aliphatic heterocycles. The van der Waals surface area contributed by atoms with E-state index in [0.29, 0.717) is 46.5 Å². The topological polar surface area (TPSA) is 87.9 Å². The van der Waals surface area contributed by atoms with Gasteiger partial charge in [0.1, 0.15) is 23.8 Å². The Bertz CT molecular complexity index is 1230. The van der Waals surface area contributed by atoms with Crippen LogP contribution >= 0.6 is 23.2 Å². The van der Waals surface area contributed by atoms with Gasteiger partial charge in [-0.25, -0.2) is 8.78 Å². The molecule has 1 heterocycles. The zero-order valence-electron chi connectivity index (χ0n) is 21.0. The molecule has 1 unspecified atom stereocenters. The molecular weight excluding hydrogens is 549 g/mol. The van der Waals surface area contributed by atoms with Gasteiger partial charge in [0.25, 0.3) is 0 Å². The lowest BCUT2D eigenvalue weighted by molar-refractivity contribution is -0.128. The van der Waals surface area contributed by atoms with E-state index in [2.05, 4.69) is 5.32 Å². The second kappa shape index (κ2) is 13.3. The van der Waals surface area contributed by atoms with Crippen LogP contribution in [0.25, 0.3) is 0 Å². The number of primary amides is 1. The number of ether oxygens (including phenoxy) is 1. The number of carbonyl (C=O) groups is 2. The molecular formula is C28H28Cl2F2N4O3. The number of rotatable bonds is 10. The van der Waals surface area contributed by atoms with Gasteiger partial charge in [0.05, 0.1) is 28.9 Å². The van der Waals surface area contributed by atoms with E-state index in [9.17, 15) is 18.4 Å². The van der Waals surface area contributed by atoms with E-state index < -0.39 is 18.1 Å². The minimum absolute atomic E-state index is 0.0346. The molecule has 0 aromatic heterocycles. The van der Waals surface area contributed by atoms with Gasteiger partial charge in [-0.2, -0.15) is 0 Å². The Morgan fingerprint density at radius 1 is 0.949 bits per heavy atom. The number of para-hydroxylation sites is 1. The number of amides is 2. The van der Waals surface area contributed by atoms with Crippen LogP contribution in [0.2, 0.25) is 10.0 Å². The van der Waals surface area contributed by atoms with Gasteiger partial charge in [0.2, 0.25) is 11.8 Å². The molecule has 7 nitrogen and oxygen atoms in total. The Balaban J connectivity index is 1.36. The highest BCUT2D eigenvalue weighted by molar-refractivity contribution is 6.39. The number of anilines is 1. The summed E-state index contributed by atoms with van der Waals surface area (Å²) in [5.41, 5.74) is 7.46. The van der Waals surface area contributed by atoms with Crippen LogP contribution in [-0.4, -0.2) is 67.0 Å². The van der Waals surface area contributed by atoms with Crippen molar-refractivity contribution in [2.45, 2.75) is 12.1 Å². The van der Waals surface area contributed by atoms with Crippen LogP contribution in [-0.2, 0) is 14.3 Å². The van der Waals surface area contributed by atoms with Crippen LogP contribution in [0.3, 0.4) is 0 Å². The Hall–Kier alpha value is -3.08. The quantitative estimate of drug-likeness (QED) is 0.371. The number of hydrogen-bond donors (Lipinski definition) is 2. The minimum atomic E-state index is -0.630. The Morgan fingerprint density at radius 3 is 2.05 bits per heavy atom. The summed E-state index contributed by atoms with van der Waals surface area (Å²) < 4.78 is 33.1. The molecule has 4 rings (SSSR count). The second-order valence-electron chi connectivity index (χ2n) is 9.19. The molecule has 1 atom stereocenters. The smallest absolute Gasteiger partial charge is 0.238 e. The van der Waals surface area contributed by atoms with Gasteiger partial charge in [0, 0.05) is 26.2 Å². The number of halogens is 4. The third-order valence-electron chi connectivity index (χ3n) is 6.51. The van der Waals surface area contributed by atoms with E-state index in [1.165, 1.54) is 24.3 Å². The molecule has 39 heavy (non-hydrogen) atoms. The maximum atomic E-state index is 13.5. The van der Waals surface area contributed by atoms with E-state index in [4.69, 9.17) is 33.7 Å². The molecule has 0 bridgehead atoms. The first-order chi connectivity index (χ1) is 18.7. The molecule has 206 valence electrons. The first kappa shape index (κ1) is 28.9. The van der Waals surface area contributed by atoms with Gasteiger partial charge in [-0.3, -0.25) is 19.4 Å². The molecule has 1 aliphatic rings. The van der Waals surface area contributed by atoms with Crippen LogP contribution in [0, 0.1) is 11.6 Å². The summed E-state index contributed by atoms with van der Waals surface area (Å²) in [6.45, 7) is 1.92. The predicted molar refractivity (Wildman–Crippen MR) is 147 cm³/mol. The third kappa shape index (κ3) is 7.74. The average molecular weight is 577 g/mol. The first-order valence-corrected chi connectivity index (χ1v) is 13.1. The normalized spacial score (nSPS) is 16.4. The van der Waals surface area contributed by atoms with Crippen molar-refractivity contribution in [3.05, 3.63) is 99.5 Å². The molecule has 1 saturated heterocycles. The molecule has 2 amide bonds. The van der Waals surface area contributed by atoms with Crippen molar-refractivity contribution in [2.24, 2.45) is 5.73 Å². The molecule has 0 spiro atoms. The summed E-state index contributed by atoms with van der Waals surface area (Å²) in [6, 6.07) is 16.2. The number of piperazine rings is 1. The fourth-order valence-electron chi connectivity index (χ4n) is 4.51. The molecule has 0 saturated carbocycles. The Morgan fingerprint density at radius 2 is 1.51 bits per heavy atom. The summed E-state index contributed by atoms with van der Waals surface area (Å²) >= 11 is 12.3. The number of nitrogens with zero attached hydrogens (tertiary/aromatic N) is 2. The predicted octanol–water partition coefficient (Wildman–Crippen LogP) is 4.49. The molecule has 0 aliphatic carbocycles. The average Bonchev–Trinajstić information content (AvgIpc) is 2.91. The number of nitrogens with one attached hydrogen (secondary N) is 1. The van der Waals surface area contributed by atoms with E-state index in [-0.39, 0.29) is 37.2 Å². The van der Waals surface area contributed by atoms with Crippen molar-refractivity contribution < 1.29 is 23.1 Å². The molecule has 11 heteroatoms. The van der Waals surface area contributed by atoms with Crippen LogP contribution < -0.4 is 11.1 Å². The molecule has 3 N–H and O–H groups in total. The van der Waals surface area contributed by atoms with Crippen molar-refractivity contribution in [2.75, 3.05) is 44.6 Å². The van der Waals surface area contributed by atoms with Crippen LogP contribution in [0.1, 0.15) is 17.2 Å². The van der Waals surface area contributed by atoms with E-state index in [1.807, 2.05) is 9.80 Å². The van der Waals surface area contributed by atoms with E-state index in [1.54, 1.807) is 42.5 Å². The van der Waals surface area contributed by atoms with Gasteiger partial charge in [-0.1, -0.05) is 53.5 Å². The molecule has 3 aromatic carbocycles. The lowest BCUT2D eigenvalue weighted by atomic mass is 10.0. The van der Waals surface area contributed by atoms with Crippen molar-refractivity contribution in [1.29, 1.82) is 0 Å². The standard InChI is InChI=1S/C28H28Cl2F2N4O3/c29-22-2-1-3-23(30)26(22)34-25(37)17-35-12-13-36(24(16-35)28(33)38)14-15-39-27(18-4-8-20(31)9-5-18)19-6-10-21(32)11-7-19/h1-11,24,27H,12-17H2,(H2,33,38)(H,34,37). The van der Waals surface area contributed by atoms with Gasteiger partial charge >= 0.3 is 0 Å². The summed E-state index contributed by atoms with van der Waals surface area (Å²) in [7, 11) is 0. The lowest BCUT2D eigenvalue weighted by Crippen LogP contribution is -2.59. The fraction of sp³-hybridized carbons (Fsp3) is 0.286. The molecule has 0 radical (unpaired) electrons. The van der Waals surface area contributed by atoms with Gasteiger partial charge in [-0.05, 0) is 47.5 Å². The highest BCUT2D eigenvalue weighted by atomic mass is 35.5. The summed E-state index contributed by atoms with van der Waals surface area (Å²) in [6.07, 6.45) is -0.556. The molecule has 3 aromatic rings. The van der Waals surface area contributed by atoms with E-state index in [0.717, 1.165) is 0 Å². The lowest BCUT2D eigenvalue weighted by Gasteiger charge is -2.39. The van der Waals surface area contributed by atoms with Crippen molar-refractivity contribution in [3.63, 3.8) is 0 Å². The van der Waals surface area contributed by atoms with Gasteiger partial charge in [0.15, 0.2) is 0 Å². The fourth-order valence-corrected chi connectivity index (χ4v) is 5.00. The maximum Gasteiger partial charge on any atom is 0.238 e. The van der Waals surface area contributed by atoms with Crippen LogP contribution in [0.4, 0.5) is 14.5 Å². The number of hydrogen-bond acceptors (Lipinski definition) is 5. The largest absolute Gasteiger partial charge is 0.368 e. The third-order valence-corrected chi connectivity index (χ3v) is 7.14. The van der Waals surface area contributed by atoms with Crippen molar-refractivity contribution in [3.8, 4) is 0 Å². The summed E-state index contributed by atoms with van der Waals surface area (Å²) in [4.78, 5) is 28.7. The molecule has 1 fully saturated rings. The zero-order valence-corrected chi connectivity index (χ0v) is 22.5. The number of nitrogens with two attached hydrogens (primary N) is 1. The van der Waals surface area contributed by atoms with Crippen LogP contribution in [0.5, 0.6) is 0 Å². The zero-order chi connectivity index (χ0) is 27.9. The minimum Gasteiger partial charge on any atom is -0.368 e. The van der Waals surface area contributed by atoms with Crippen molar-refractivity contribution >= 4 is 40.7 Å². The van der Waals surface area contributed by atoms with Crippen molar-refractivity contribution in [1.82, 2.24) is 9.80 Å². The van der Waals surface area contributed by atoms with E-state index >= 15 is 0 Å². The monoisotopic (exact) mass is 576 g/mol. The highest BCUT2D eigenvalue weighted by Gasteiger charge is 2.32. The maximum absolute atomic E-state index is 13.5. The SMILES string of the molecule is NC(=O)C1CN(CC(=O)Nc2c(Cl)cccc2Cl)CCN1CCOC(c1ccc(F)cc1)c1ccc(F)cc1. The van der Waals surface area contributed by atoms with Gasteiger partial charge < -0.3 is 15.8 Å². The summed E-state index contributed by atoms with van der Waals surface area (Å²) in [5, 5.41) is 3.38. The Labute approximate surface area is 235 Å². The number of carbonyl (C=O) groups excluding carboxylic acids is 2. The second-order valence-corrected chi connectivity index (χ2v) is 10.0. The van der Waals surface area contributed by atoms with Gasteiger partial charge in [-0.15, -0.1) is 0 Å². The first-order valence-electron chi connectivity index (χ1n) is 12.3.